The third kappa shape index (κ3) is 4.28. The van der Waals surface area contributed by atoms with Crippen LogP contribution in [0.4, 0.5) is 0 Å². The molecule has 134 valence electrons. The zero-order chi connectivity index (χ0) is 17.9. The summed E-state index contributed by atoms with van der Waals surface area (Å²) in [6.45, 7) is 5.77. The summed E-state index contributed by atoms with van der Waals surface area (Å²) < 4.78 is 5.79. The minimum atomic E-state index is -0.0128. The van der Waals surface area contributed by atoms with E-state index in [2.05, 4.69) is 18.8 Å². The second-order valence-electron chi connectivity index (χ2n) is 7.54. The van der Waals surface area contributed by atoms with Gasteiger partial charge in [-0.15, -0.1) is 0 Å². The normalized spacial score (nSPS) is 19.8. The minimum absolute atomic E-state index is 0.0128. The molecule has 1 aromatic carbocycles. The van der Waals surface area contributed by atoms with Crippen molar-refractivity contribution in [3.63, 3.8) is 0 Å². The molecule has 3 rings (SSSR count). The second-order valence-corrected chi connectivity index (χ2v) is 7.54. The maximum atomic E-state index is 12.4. The van der Waals surface area contributed by atoms with Crippen molar-refractivity contribution in [3.05, 3.63) is 42.4 Å². The van der Waals surface area contributed by atoms with Gasteiger partial charge in [-0.2, -0.15) is 0 Å². The van der Waals surface area contributed by atoms with E-state index in [0.717, 1.165) is 37.3 Å². The first kappa shape index (κ1) is 17.7. The molecule has 0 aliphatic carbocycles. The molecule has 0 bridgehead atoms. The average molecular weight is 341 g/mol. The predicted octanol–water partition coefficient (Wildman–Crippen LogP) is 3.25. The Labute approximate surface area is 149 Å². The van der Waals surface area contributed by atoms with Crippen LogP contribution in [-0.2, 0) is 11.2 Å². The number of hydrogen-bond donors (Lipinski definition) is 1. The lowest BCUT2D eigenvalue weighted by Gasteiger charge is -2.42. The summed E-state index contributed by atoms with van der Waals surface area (Å²) in [6, 6.07) is 10.1. The maximum absolute atomic E-state index is 12.4. The molecule has 2 aromatic rings. The molecule has 0 radical (unpaired) electrons. The first-order valence-electron chi connectivity index (χ1n) is 8.99. The number of oxazole rings is 1. The smallest absolute Gasteiger partial charge is 0.222 e. The van der Waals surface area contributed by atoms with Gasteiger partial charge >= 0.3 is 0 Å². The van der Waals surface area contributed by atoms with Crippen LogP contribution in [-0.4, -0.2) is 34.9 Å². The number of hydrogen-bond acceptors (Lipinski definition) is 4. The van der Waals surface area contributed by atoms with E-state index >= 15 is 0 Å². The highest BCUT2D eigenvalue weighted by Crippen LogP contribution is 2.28. The van der Waals surface area contributed by atoms with Crippen LogP contribution in [0.25, 0.3) is 11.3 Å². The van der Waals surface area contributed by atoms with Crippen molar-refractivity contribution in [2.75, 3.05) is 13.1 Å². The van der Waals surface area contributed by atoms with Crippen LogP contribution < -0.4 is 5.73 Å². The number of benzene rings is 1. The first-order chi connectivity index (χ1) is 12.0. The van der Waals surface area contributed by atoms with Crippen LogP contribution in [0, 0.1) is 5.41 Å². The Kier molecular flexibility index (Phi) is 5.23. The lowest BCUT2D eigenvalue weighted by Crippen LogP contribution is -2.53. The standard InChI is InChI=1S/C20H27N3O2/c1-20(2)14-23(12-11-17(20)21)19(24)10-6-9-18-22-13-16(25-18)15-7-4-3-5-8-15/h3-5,7-8,13,17H,6,9-12,14,21H2,1-2H3. The molecule has 1 saturated heterocycles. The molecule has 5 heteroatoms. The van der Waals surface area contributed by atoms with Crippen LogP contribution >= 0.6 is 0 Å². The van der Waals surface area contributed by atoms with Gasteiger partial charge in [-0.05, 0) is 18.3 Å². The molecule has 1 aliphatic heterocycles. The number of amides is 1. The van der Waals surface area contributed by atoms with Gasteiger partial charge in [0.1, 0.15) is 0 Å². The summed E-state index contributed by atoms with van der Waals surface area (Å²) in [7, 11) is 0. The van der Waals surface area contributed by atoms with Crippen LogP contribution in [0.1, 0.15) is 39.0 Å². The number of carbonyl (C=O) groups excluding carboxylic acids is 1. The summed E-state index contributed by atoms with van der Waals surface area (Å²) in [6.07, 6.45) is 4.57. The van der Waals surface area contributed by atoms with Gasteiger partial charge in [-0.25, -0.2) is 4.98 Å². The van der Waals surface area contributed by atoms with Gasteiger partial charge in [0.25, 0.3) is 0 Å². The number of nitrogens with zero attached hydrogens (tertiary/aromatic N) is 2. The van der Waals surface area contributed by atoms with Crippen molar-refractivity contribution in [2.24, 2.45) is 11.1 Å². The Morgan fingerprint density at radius 3 is 2.84 bits per heavy atom. The van der Waals surface area contributed by atoms with Crippen LogP contribution in [0.2, 0.25) is 0 Å². The highest BCUT2D eigenvalue weighted by atomic mass is 16.4. The largest absolute Gasteiger partial charge is 0.441 e. The van der Waals surface area contributed by atoms with Gasteiger partial charge in [-0.1, -0.05) is 44.2 Å². The zero-order valence-corrected chi connectivity index (χ0v) is 15.1. The molecular formula is C20H27N3O2. The van der Waals surface area contributed by atoms with Crippen LogP contribution in [0.15, 0.2) is 40.9 Å². The highest BCUT2D eigenvalue weighted by Gasteiger charge is 2.34. The summed E-state index contributed by atoms with van der Waals surface area (Å²) >= 11 is 0. The molecule has 1 atom stereocenters. The molecule has 1 aromatic heterocycles. The molecule has 2 N–H and O–H groups in total. The third-order valence-corrected chi connectivity index (χ3v) is 5.06. The Bertz CT molecular complexity index is 709. The molecule has 25 heavy (non-hydrogen) atoms. The number of piperidine rings is 1. The van der Waals surface area contributed by atoms with Gasteiger partial charge in [-0.3, -0.25) is 4.79 Å². The van der Waals surface area contributed by atoms with Gasteiger partial charge in [0.05, 0.1) is 6.20 Å². The maximum Gasteiger partial charge on any atom is 0.222 e. The Morgan fingerprint density at radius 1 is 1.36 bits per heavy atom. The Morgan fingerprint density at radius 2 is 2.12 bits per heavy atom. The fraction of sp³-hybridized carbons (Fsp3) is 0.500. The lowest BCUT2D eigenvalue weighted by molar-refractivity contribution is -0.134. The number of carbonyl (C=O) groups is 1. The lowest BCUT2D eigenvalue weighted by atomic mass is 9.79. The minimum Gasteiger partial charge on any atom is -0.441 e. The van der Waals surface area contributed by atoms with Crippen molar-refractivity contribution < 1.29 is 9.21 Å². The SMILES string of the molecule is CC1(C)CN(C(=O)CCCc2ncc(-c3ccccc3)o2)CCC1N. The molecule has 5 nitrogen and oxygen atoms in total. The monoisotopic (exact) mass is 341 g/mol. The summed E-state index contributed by atoms with van der Waals surface area (Å²) in [5, 5.41) is 0. The third-order valence-electron chi connectivity index (χ3n) is 5.06. The molecule has 1 amide bonds. The fourth-order valence-electron chi connectivity index (χ4n) is 3.30. The molecule has 2 heterocycles. The summed E-state index contributed by atoms with van der Waals surface area (Å²) in [4.78, 5) is 18.7. The average Bonchev–Trinajstić information content (AvgIpc) is 3.07. The van der Waals surface area contributed by atoms with E-state index in [0.29, 0.717) is 18.7 Å². The quantitative estimate of drug-likeness (QED) is 0.906. The van der Waals surface area contributed by atoms with Gasteiger partial charge in [0.2, 0.25) is 5.91 Å². The topological polar surface area (TPSA) is 72.4 Å². The number of likely N-dealkylation sites (tertiary alicyclic amines) is 1. The van der Waals surface area contributed by atoms with Crippen molar-refractivity contribution >= 4 is 5.91 Å². The van der Waals surface area contributed by atoms with E-state index in [-0.39, 0.29) is 17.4 Å². The number of rotatable bonds is 5. The predicted molar refractivity (Wildman–Crippen MR) is 97.8 cm³/mol. The van der Waals surface area contributed by atoms with E-state index in [1.54, 1.807) is 6.20 Å². The first-order valence-corrected chi connectivity index (χ1v) is 8.99. The van der Waals surface area contributed by atoms with E-state index < -0.39 is 0 Å². The second kappa shape index (κ2) is 7.40. The molecular weight excluding hydrogens is 314 g/mol. The van der Waals surface area contributed by atoms with Crippen molar-refractivity contribution in [2.45, 2.75) is 45.6 Å². The molecule has 1 fully saturated rings. The Hall–Kier alpha value is -2.14. The van der Waals surface area contributed by atoms with Crippen molar-refractivity contribution in [1.82, 2.24) is 9.88 Å². The van der Waals surface area contributed by atoms with Crippen LogP contribution in [0.3, 0.4) is 0 Å². The summed E-state index contributed by atoms with van der Waals surface area (Å²) in [5.74, 6) is 1.66. The van der Waals surface area contributed by atoms with E-state index in [9.17, 15) is 4.79 Å². The molecule has 1 aliphatic rings. The number of aromatic nitrogens is 1. The van der Waals surface area contributed by atoms with E-state index in [1.165, 1.54) is 0 Å². The van der Waals surface area contributed by atoms with Crippen molar-refractivity contribution in [3.8, 4) is 11.3 Å². The Balaban J connectivity index is 1.48. The fourth-order valence-corrected chi connectivity index (χ4v) is 3.30. The summed E-state index contributed by atoms with van der Waals surface area (Å²) in [5.41, 5.74) is 7.15. The highest BCUT2D eigenvalue weighted by molar-refractivity contribution is 5.76. The van der Waals surface area contributed by atoms with Crippen molar-refractivity contribution in [1.29, 1.82) is 0 Å². The number of aryl methyl sites for hydroxylation is 1. The van der Waals surface area contributed by atoms with Crippen LogP contribution in [0.5, 0.6) is 0 Å². The molecule has 0 saturated carbocycles. The zero-order valence-electron chi connectivity index (χ0n) is 15.1. The number of nitrogens with two attached hydrogens (primary N) is 1. The molecule has 1 unspecified atom stereocenters. The molecule has 0 spiro atoms. The van der Waals surface area contributed by atoms with E-state index in [4.69, 9.17) is 10.2 Å². The van der Waals surface area contributed by atoms with Gasteiger partial charge in [0, 0.05) is 37.5 Å². The van der Waals surface area contributed by atoms with E-state index in [1.807, 2.05) is 35.2 Å². The van der Waals surface area contributed by atoms with Gasteiger partial charge in [0.15, 0.2) is 11.7 Å². The van der Waals surface area contributed by atoms with Gasteiger partial charge < -0.3 is 15.1 Å².